The molecule has 0 aliphatic rings. The highest BCUT2D eigenvalue weighted by molar-refractivity contribution is 7.11. The molecule has 0 bridgehead atoms. The highest BCUT2D eigenvalue weighted by atomic mass is 32.1. The maximum atomic E-state index is 13.4. The van der Waals surface area contributed by atoms with Crippen LogP contribution in [0.15, 0.2) is 76.0 Å². The predicted octanol–water partition coefficient (Wildman–Crippen LogP) is 4.85. The fourth-order valence-corrected chi connectivity index (χ4v) is 4.84. The van der Waals surface area contributed by atoms with Gasteiger partial charge in [-0.15, -0.1) is 21.5 Å². The number of rotatable bonds is 8. The van der Waals surface area contributed by atoms with Gasteiger partial charge in [-0.1, -0.05) is 30.3 Å². The Bertz CT molecular complexity index is 1510. The molecule has 0 fully saturated rings. The molecule has 3 aromatic heterocycles. The first-order valence-corrected chi connectivity index (χ1v) is 12.5. The molecule has 5 aromatic rings. The van der Waals surface area contributed by atoms with Crippen LogP contribution in [0.25, 0.3) is 22.9 Å². The van der Waals surface area contributed by atoms with Gasteiger partial charge in [0.05, 0.1) is 18.3 Å². The summed E-state index contributed by atoms with van der Waals surface area (Å²) in [5, 5.41) is 9.35. The largest absolute Gasteiger partial charge is 0.445 e. The molecule has 0 aliphatic carbocycles. The lowest BCUT2D eigenvalue weighted by atomic mass is 9.94. The van der Waals surface area contributed by atoms with E-state index in [4.69, 9.17) is 14.6 Å². The molecule has 0 radical (unpaired) electrons. The van der Waals surface area contributed by atoms with E-state index in [0.717, 1.165) is 15.4 Å². The summed E-state index contributed by atoms with van der Waals surface area (Å²) in [7, 11) is 1.74. The van der Waals surface area contributed by atoms with E-state index in [1.807, 2.05) is 44.2 Å². The lowest BCUT2D eigenvalue weighted by Gasteiger charge is -2.20. The van der Waals surface area contributed by atoms with E-state index in [2.05, 4.69) is 20.2 Å². The van der Waals surface area contributed by atoms with E-state index in [0.29, 0.717) is 41.4 Å². The molecule has 188 valence electrons. The summed E-state index contributed by atoms with van der Waals surface area (Å²) in [6.07, 6.45) is 5.36. The number of thiazole rings is 1. The van der Waals surface area contributed by atoms with Crippen molar-refractivity contribution < 1.29 is 13.6 Å². The van der Waals surface area contributed by atoms with Crippen LogP contribution in [-0.4, -0.2) is 38.0 Å². The standard InChI is InChI=1S/C27H26N6O3S/c1-17-15-30-22(37-17)16-33(3)25(34)21-12-19(23-29-9-10-35-23)11-20(13-21)24-31-32-26(36-24)27(2,28)14-18-7-5-4-6-8-18/h4-13,15H,14,16,28H2,1-3H3/t27-/m1/s1. The Morgan fingerprint density at radius 3 is 2.51 bits per heavy atom. The molecule has 2 aromatic carbocycles. The first-order chi connectivity index (χ1) is 17.8. The minimum Gasteiger partial charge on any atom is -0.445 e. The van der Waals surface area contributed by atoms with Gasteiger partial charge in [0.1, 0.15) is 11.3 Å². The first kappa shape index (κ1) is 24.5. The molecule has 0 unspecified atom stereocenters. The van der Waals surface area contributed by atoms with E-state index in [1.165, 1.54) is 6.26 Å². The number of carbonyl (C=O) groups is 1. The van der Waals surface area contributed by atoms with Gasteiger partial charge in [-0.05, 0) is 44.0 Å². The molecule has 0 saturated carbocycles. The topological polar surface area (TPSA) is 124 Å². The number of aromatic nitrogens is 4. The van der Waals surface area contributed by atoms with Crippen LogP contribution in [0.3, 0.4) is 0 Å². The zero-order valence-corrected chi connectivity index (χ0v) is 21.5. The number of hydrogen-bond donors (Lipinski definition) is 1. The van der Waals surface area contributed by atoms with Gasteiger partial charge in [-0.2, -0.15) is 0 Å². The van der Waals surface area contributed by atoms with Crippen molar-refractivity contribution >= 4 is 17.2 Å². The Kier molecular flexibility index (Phi) is 6.68. The van der Waals surface area contributed by atoms with Gasteiger partial charge in [0.15, 0.2) is 0 Å². The number of aryl methyl sites for hydroxylation is 1. The lowest BCUT2D eigenvalue weighted by Crippen LogP contribution is -2.35. The van der Waals surface area contributed by atoms with Gasteiger partial charge < -0.3 is 19.5 Å². The van der Waals surface area contributed by atoms with Gasteiger partial charge in [-0.25, -0.2) is 9.97 Å². The molecule has 37 heavy (non-hydrogen) atoms. The summed E-state index contributed by atoms with van der Waals surface area (Å²) in [6, 6.07) is 15.1. The minimum atomic E-state index is -0.877. The fourth-order valence-electron chi connectivity index (χ4n) is 4.00. The number of oxazole rings is 1. The molecule has 0 aliphatic heterocycles. The quantitative estimate of drug-likeness (QED) is 0.312. The van der Waals surface area contributed by atoms with Gasteiger partial charge >= 0.3 is 0 Å². The minimum absolute atomic E-state index is 0.185. The second-order valence-corrected chi connectivity index (χ2v) is 10.5. The van der Waals surface area contributed by atoms with Crippen molar-refractivity contribution in [2.75, 3.05) is 7.05 Å². The van der Waals surface area contributed by atoms with Gasteiger partial charge in [0, 0.05) is 34.8 Å². The Morgan fingerprint density at radius 1 is 1.08 bits per heavy atom. The van der Waals surface area contributed by atoms with Crippen molar-refractivity contribution in [2.45, 2.75) is 32.4 Å². The summed E-state index contributed by atoms with van der Waals surface area (Å²) < 4.78 is 11.5. The van der Waals surface area contributed by atoms with E-state index in [1.54, 1.807) is 53.9 Å². The SMILES string of the molecule is Cc1cnc(CN(C)C(=O)c2cc(-c3ncco3)cc(-c3nnc([C@](C)(N)Cc4ccccc4)o3)c2)s1. The van der Waals surface area contributed by atoms with Crippen molar-refractivity contribution in [3.8, 4) is 22.9 Å². The molecule has 5 rings (SSSR count). The monoisotopic (exact) mass is 514 g/mol. The average Bonchev–Trinajstić information content (AvgIpc) is 3.66. The van der Waals surface area contributed by atoms with Crippen LogP contribution in [-0.2, 0) is 18.5 Å². The summed E-state index contributed by atoms with van der Waals surface area (Å²) >= 11 is 1.56. The van der Waals surface area contributed by atoms with Crippen molar-refractivity contribution in [2.24, 2.45) is 5.73 Å². The molecule has 1 atom stereocenters. The van der Waals surface area contributed by atoms with Crippen LogP contribution in [0.5, 0.6) is 0 Å². The number of amides is 1. The van der Waals surface area contributed by atoms with Crippen LogP contribution in [0.1, 0.15) is 38.6 Å². The maximum absolute atomic E-state index is 13.4. The number of hydrogen-bond acceptors (Lipinski definition) is 9. The molecule has 10 heteroatoms. The van der Waals surface area contributed by atoms with E-state index in [9.17, 15) is 4.79 Å². The van der Waals surface area contributed by atoms with Crippen LogP contribution in [0.4, 0.5) is 0 Å². The third-order valence-electron chi connectivity index (χ3n) is 5.82. The van der Waals surface area contributed by atoms with Crippen molar-refractivity contribution in [1.82, 2.24) is 25.1 Å². The fraction of sp³-hybridized carbons (Fsp3) is 0.222. The second kappa shape index (κ2) is 10.1. The smallest absolute Gasteiger partial charge is 0.254 e. The van der Waals surface area contributed by atoms with Crippen LogP contribution in [0.2, 0.25) is 0 Å². The summed E-state index contributed by atoms with van der Waals surface area (Å²) in [5.74, 6) is 0.744. The zero-order chi connectivity index (χ0) is 26.0. The number of benzene rings is 2. The zero-order valence-electron chi connectivity index (χ0n) is 20.7. The molecule has 1 amide bonds. The first-order valence-electron chi connectivity index (χ1n) is 11.7. The normalized spacial score (nSPS) is 12.9. The average molecular weight is 515 g/mol. The van der Waals surface area contributed by atoms with E-state index in [-0.39, 0.29) is 11.8 Å². The number of nitrogens with zero attached hydrogens (tertiary/aromatic N) is 5. The van der Waals surface area contributed by atoms with Crippen molar-refractivity contribution in [1.29, 1.82) is 0 Å². The third-order valence-corrected chi connectivity index (χ3v) is 6.72. The van der Waals surface area contributed by atoms with Crippen molar-refractivity contribution in [3.05, 3.63) is 94.1 Å². The Labute approximate surface area is 218 Å². The summed E-state index contributed by atoms with van der Waals surface area (Å²) in [5.41, 5.74) is 8.36. The highest BCUT2D eigenvalue weighted by Gasteiger charge is 2.29. The number of nitrogens with two attached hydrogens (primary N) is 1. The maximum Gasteiger partial charge on any atom is 0.254 e. The lowest BCUT2D eigenvalue weighted by molar-refractivity contribution is 0.0785. The second-order valence-electron chi connectivity index (χ2n) is 9.15. The van der Waals surface area contributed by atoms with E-state index >= 15 is 0 Å². The summed E-state index contributed by atoms with van der Waals surface area (Å²) in [6.45, 7) is 4.23. The molecule has 0 saturated heterocycles. The van der Waals surface area contributed by atoms with Crippen molar-refractivity contribution in [3.63, 3.8) is 0 Å². The van der Waals surface area contributed by atoms with E-state index < -0.39 is 5.54 Å². The van der Waals surface area contributed by atoms with Crippen LogP contribution >= 0.6 is 11.3 Å². The Balaban J connectivity index is 1.47. The van der Waals surface area contributed by atoms with Crippen LogP contribution < -0.4 is 5.73 Å². The molecule has 3 heterocycles. The van der Waals surface area contributed by atoms with Gasteiger partial charge in [0.25, 0.3) is 5.91 Å². The summed E-state index contributed by atoms with van der Waals surface area (Å²) in [4.78, 5) is 24.7. The highest BCUT2D eigenvalue weighted by Crippen LogP contribution is 2.30. The molecule has 2 N–H and O–H groups in total. The number of carbonyl (C=O) groups excluding carboxylic acids is 1. The molecular formula is C27H26N6O3S. The molecule has 0 spiro atoms. The third kappa shape index (κ3) is 5.50. The van der Waals surface area contributed by atoms with Gasteiger partial charge in [0.2, 0.25) is 17.7 Å². The van der Waals surface area contributed by atoms with Gasteiger partial charge in [-0.3, -0.25) is 4.79 Å². The Hall–Kier alpha value is -4.15. The Morgan fingerprint density at radius 2 is 1.84 bits per heavy atom. The predicted molar refractivity (Wildman–Crippen MR) is 140 cm³/mol. The molecule has 9 nitrogen and oxygen atoms in total. The van der Waals surface area contributed by atoms with Crippen LogP contribution in [0, 0.1) is 6.92 Å². The molecular weight excluding hydrogens is 488 g/mol.